The van der Waals surface area contributed by atoms with Crippen LogP contribution in [0.15, 0.2) is 57.3 Å². The van der Waals surface area contributed by atoms with Crippen LogP contribution in [0.3, 0.4) is 0 Å². The Morgan fingerprint density at radius 3 is 2.89 bits per heavy atom. The number of hydrogen-bond donors (Lipinski definition) is 1. The fourth-order valence-electron chi connectivity index (χ4n) is 3.00. The lowest BCUT2D eigenvalue weighted by Gasteiger charge is -2.29. The number of non-ortho nitro benzene ring substituents is 1. The third kappa shape index (κ3) is 3.63. The van der Waals surface area contributed by atoms with Crippen LogP contribution < -0.4 is 5.73 Å². The SMILES string of the molecule is CCOC(=O)C1=C(N)C2C(=CC1)N=C(SC)N=C2c1cccc([N+](=O)[O-])c1. The quantitative estimate of drug-likeness (QED) is 0.483. The van der Waals surface area contributed by atoms with Gasteiger partial charge in [0.25, 0.3) is 5.69 Å². The maximum Gasteiger partial charge on any atom is 0.336 e. The number of nitro groups is 1. The number of nitro benzene ring substituents is 1. The van der Waals surface area contributed by atoms with Gasteiger partial charge in [0.1, 0.15) is 0 Å². The molecule has 1 unspecified atom stereocenters. The number of esters is 1. The van der Waals surface area contributed by atoms with Gasteiger partial charge >= 0.3 is 5.97 Å². The molecule has 2 aliphatic rings. The van der Waals surface area contributed by atoms with E-state index < -0.39 is 16.8 Å². The van der Waals surface area contributed by atoms with Crippen molar-refractivity contribution in [2.45, 2.75) is 13.3 Å². The number of amidine groups is 1. The molecule has 140 valence electrons. The van der Waals surface area contributed by atoms with Crippen molar-refractivity contribution in [2.75, 3.05) is 12.9 Å². The number of thioether (sulfide) groups is 1. The number of benzene rings is 1. The van der Waals surface area contributed by atoms with E-state index in [-0.39, 0.29) is 12.3 Å². The van der Waals surface area contributed by atoms with E-state index in [0.717, 1.165) is 0 Å². The van der Waals surface area contributed by atoms with Crippen LogP contribution in [0.4, 0.5) is 5.69 Å². The van der Waals surface area contributed by atoms with Gasteiger partial charge in [0.05, 0.1) is 34.4 Å². The Morgan fingerprint density at radius 1 is 1.44 bits per heavy atom. The molecule has 1 aromatic carbocycles. The summed E-state index contributed by atoms with van der Waals surface area (Å²) in [6.07, 6.45) is 4.00. The highest BCUT2D eigenvalue weighted by atomic mass is 32.2. The lowest BCUT2D eigenvalue weighted by molar-refractivity contribution is -0.384. The number of allylic oxidation sites excluding steroid dienone is 1. The second-order valence-corrected chi connectivity index (χ2v) is 6.60. The zero-order valence-electron chi connectivity index (χ0n) is 14.8. The number of carbonyl (C=O) groups is 1. The number of ether oxygens (including phenoxy) is 1. The molecule has 1 aliphatic carbocycles. The highest BCUT2D eigenvalue weighted by molar-refractivity contribution is 8.13. The molecule has 3 rings (SSSR count). The summed E-state index contributed by atoms with van der Waals surface area (Å²) in [5.41, 5.74) is 8.74. The first-order chi connectivity index (χ1) is 13.0. The minimum atomic E-state index is -0.545. The Balaban J connectivity index is 2.11. The van der Waals surface area contributed by atoms with Crippen molar-refractivity contribution in [3.63, 3.8) is 0 Å². The molecule has 27 heavy (non-hydrogen) atoms. The second kappa shape index (κ2) is 7.75. The molecule has 0 amide bonds. The van der Waals surface area contributed by atoms with Gasteiger partial charge in [-0.3, -0.25) is 10.1 Å². The molecule has 0 spiro atoms. The summed E-state index contributed by atoms with van der Waals surface area (Å²) >= 11 is 1.37. The number of fused-ring (bicyclic) bond motifs is 1. The van der Waals surface area contributed by atoms with E-state index in [9.17, 15) is 14.9 Å². The lowest BCUT2D eigenvalue weighted by atomic mass is 9.83. The Labute approximate surface area is 160 Å². The van der Waals surface area contributed by atoms with Crippen LogP contribution in [0.5, 0.6) is 0 Å². The molecule has 0 saturated heterocycles. The molecule has 2 N–H and O–H groups in total. The second-order valence-electron chi connectivity index (χ2n) is 5.82. The van der Waals surface area contributed by atoms with Gasteiger partial charge in [0.15, 0.2) is 5.17 Å². The van der Waals surface area contributed by atoms with Crippen LogP contribution in [0, 0.1) is 16.0 Å². The monoisotopic (exact) mass is 386 g/mol. The van der Waals surface area contributed by atoms with E-state index >= 15 is 0 Å². The van der Waals surface area contributed by atoms with Gasteiger partial charge in [-0.05, 0) is 13.2 Å². The average Bonchev–Trinajstić information content (AvgIpc) is 2.67. The van der Waals surface area contributed by atoms with Gasteiger partial charge in [-0.1, -0.05) is 30.0 Å². The molecule has 1 aromatic rings. The maximum atomic E-state index is 12.2. The zero-order valence-corrected chi connectivity index (χ0v) is 15.7. The van der Waals surface area contributed by atoms with Crippen molar-refractivity contribution in [1.82, 2.24) is 0 Å². The highest BCUT2D eigenvalue weighted by Crippen LogP contribution is 2.36. The van der Waals surface area contributed by atoms with Gasteiger partial charge in [-0.25, -0.2) is 14.8 Å². The van der Waals surface area contributed by atoms with Gasteiger partial charge < -0.3 is 10.5 Å². The Morgan fingerprint density at radius 2 is 2.22 bits per heavy atom. The van der Waals surface area contributed by atoms with E-state index in [0.29, 0.717) is 39.8 Å². The molecule has 0 saturated carbocycles. The third-order valence-corrected chi connectivity index (χ3v) is 4.79. The average molecular weight is 386 g/mol. The van der Waals surface area contributed by atoms with Crippen LogP contribution >= 0.6 is 11.8 Å². The molecule has 0 fully saturated rings. The van der Waals surface area contributed by atoms with Crippen LogP contribution in [-0.2, 0) is 9.53 Å². The van der Waals surface area contributed by atoms with Gasteiger partial charge in [0, 0.05) is 29.8 Å². The van der Waals surface area contributed by atoms with E-state index in [4.69, 9.17) is 10.5 Å². The predicted octanol–water partition coefficient (Wildman–Crippen LogP) is 2.80. The summed E-state index contributed by atoms with van der Waals surface area (Å²) < 4.78 is 5.09. The number of nitrogens with zero attached hydrogens (tertiary/aromatic N) is 3. The van der Waals surface area contributed by atoms with Crippen molar-refractivity contribution >= 4 is 34.3 Å². The van der Waals surface area contributed by atoms with Crippen molar-refractivity contribution in [3.8, 4) is 0 Å². The van der Waals surface area contributed by atoms with Crippen molar-refractivity contribution in [2.24, 2.45) is 21.6 Å². The summed E-state index contributed by atoms with van der Waals surface area (Å²) in [6.45, 7) is 1.97. The number of carbonyl (C=O) groups excluding carboxylic acids is 1. The number of hydrogen-bond acceptors (Lipinski definition) is 8. The number of nitrogens with two attached hydrogens (primary N) is 1. The largest absolute Gasteiger partial charge is 0.463 e. The normalized spacial score (nSPS) is 18.9. The van der Waals surface area contributed by atoms with Gasteiger partial charge in [-0.2, -0.15) is 0 Å². The smallest absolute Gasteiger partial charge is 0.336 e. The summed E-state index contributed by atoms with van der Waals surface area (Å²) in [5, 5.41) is 11.7. The lowest BCUT2D eigenvalue weighted by Crippen LogP contribution is -2.32. The van der Waals surface area contributed by atoms with E-state index in [1.807, 2.05) is 12.3 Å². The molecule has 1 atom stereocenters. The highest BCUT2D eigenvalue weighted by Gasteiger charge is 2.35. The fraction of sp³-hybridized carbons (Fsp3) is 0.278. The summed E-state index contributed by atoms with van der Waals surface area (Å²) in [7, 11) is 0. The molecule has 8 nitrogen and oxygen atoms in total. The maximum absolute atomic E-state index is 12.2. The topological polar surface area (TPSA) is 120 Å². The Hall–Kier alpha value is -2.94. The Bertz CT molecular complexity index is 933. The third-order valence-electron chi connectivity index (χ3n) is 4.24. The molecule has 1 heterocycles. The van der Waals surface area contributed by atoms with Crippen LogP contribution in [0.25, 0.3) is 0 Å². The molecule has 0 radical (unpaired) electrons. The van der Waals surface area contributed by atoms with Gasteiger partial charge in [0.2, 0.25) is 0 Å². The van der Waals surface area contributed by atoms with E-state index in [1.165, 1.54) is 23.9 Å². The van der Waals surface area contributed by atoms with Crippen molar-refractivity contribution in [1.29, 1.82) is 0 Å². The first-order valence-electron chi connectivity index (χ1n) is 8.28. The first-order valence-corrected chi connectivity index (χ1v) is 9.50. The minimum Gasteiger partial charge on any atom is -0.463 e. The summed E-state index contributed by atoms with van der Waals surface area (Å²) in [5.74, 6) is -1.01. The van der Waals surface area contributed by atoms with Gasteiger partial charge in [-0.15, -0.1) is 0 Å². The molecular weight excluding hydrogens is 368 g/mol. The zero-order chi connectivity index (χ0) is 19.6. The van der Waals surface area contributed by atoms with Crippen LogP contribution in [0.2, 0.25) is 0 Å². The summed E-state index contributed by atoms with van der Waals surface area (Å²) in [6, 6.07) is 6.19. The predicted molar refractivity (Wildman–Crippen MR) is 105 cm³/mol. The first kappa shape index (κ1) is 18.8. The van der Waals surface area contributed by atoms with Crippen LogP contribution in [0.1, 0.15) is 18.9 Å². The van der Waals surface area contributed by atoms with E-state index in [2.05, 4.69) is 9.98 Å². The standard InChI is InChI=1S/C18H18N4O4S/c1-3-26-17(23)12-7-8-13-14(15(12)19)16(21-18(20-13)27-2)10-5-4-6-11(9-10)22(24)25/h4-6,8-9,14H,3,7,19H2,1-2H3. The minimum absolute atomic E-state index is 0.0436. The van der Waals surface area contributed by atoms with Crippen molar-refractivity contribution < 1.29 is 14.5 Å². The molecule has 0 bridgehead atoms. The molecule has 9 heteroatoms. The van der Waals surface area contributed by atoms with Crippen LogP contribution in [-0.4, -0.2) is 34.6 Å². The Kier molecular flexibility index (Phi) is 5.41. The molecule has 0 aromatic heterocycles. The van der Waals surface area contributed by atoms with E-state index in [1.54, 1.807) is 19.1 Å². The molecular formula is C18H18N4O4S. The van der Waals surface area contributed by atoms with Crippen molar-refractivity contribution in [3.05, 3.63) is 63.0 Å². The number of aliphatic imine (C=N–C) groups is 2. The molecule has 1 aliphatic heterocycles. The fourth-order valence-corrected chi connectivity index (χ4v) is 3.38. The summed E-state index contributed by atoms with van der Waals surface area (Å²) in [4.78, 5) is 32.0. The number of rotatable bonds is 4.